The predicted octanol–water partition coefficient (Wildman–Crippen LogP) is 5.85. The van der Waals surface area contributed by atoms with Gasteiger partial charge in [0.15, 0.2) is 0 Å². The number of halogens is 1. The molecular formula is C28H38ClNO6. The zero-order chi connectivity index (χ0) is 27.1. The minimum absolute atomic E-state index is 0.0924. The summed E-state index contributed by atoms with van der Waals surface area (Å²) < 4.78 is 16.4. The Kier molecular flexibility index (Phi) is 10.3. The minimum atomic E-state index is -1.07. The van der Waals surface area contributed by atoms with Crippen molar-refractivity contribution >= 4 is 29.2 Å². The van der Waals surface area contributed by atoms with E-state index in [1.807, 2.05) is 58.9 Å². The van der Waals surface area contributed by atoms with Crippen LogP contribution in [0.3, 0.4) is 0 Å². The smallest absolute Gasteiger partial charge is 0.335 e. The van der Waals surface area contributed by atoms with Gasteiger partial charge < -0.3 is 24.6 Å². The Labute approximate surface area is 219 Å². The van der Waals surface area contributed by atoms with Crippen LogP contribution in [0.4, 0.5) is 5.69 Å². The van der Waals surface area contributed by atoms with Crippen molar-refractivity contribution in [1.29, 1.82) is 0 Å². The predicted molar refractivity (Wildman–Crippen MR) is 143 cm³/mol. The lowest BCUT2D eigenvalue weighted by Crippen LogP contribution is -2.38. The number of carbonyl (C=O) groups is 2. The molecule has 0 saturated heterocycles. The maximum absolute atomic E-state index is 13.6. The lowest BCUT2D eigenvalue weighted by Gasteiger charge is -2.31. The van der Waals surface area contributed by atoms with E-state index in [4.69, 9.17) is 25.8 Å². The topological polar surface area (TPSA) is 94.1 Å². The van der Waals surface area contributed by atoms with Crippen LogP contribution in [0.5, 0.6) is 5.75 Å². The van der Waals surface area contributed by atoms with Gasteiger partial charge in [0.1, 0.15) is 18.5 Å². The van der Waals surface area contributed by atoms with Crippen LogP contribution in [0.15, 0.2) is 42.5 Å². The number of anilines is 1. The first kappa shape index (κ1) is 29.6. The van der Waals surface area contributed by atoms with Crippen molar-refractivity contribution in [3.8, 4) is 5.75 Å². The number of aromatic carboxylic acids is 1. The summed E-state index contributed by atoms with van der Waals surface area (Å²) in [5.74, 6) is -1.12. The molecule has 36 heavy (non-hydrogen) atoms. The van der Waals surface area contributed by atoms with Crippen LogP contribution in [0.25, 0.3) is 0 Å². The quantitative estimate of drug-likeness (QED) is 0.270. The SMILES string of the molecule is COCCOc1ccc(C(CC(C)(C)Cl)C(OC)C(=O)Nc2cc(C(=O)O)ccc2C(C)(C)C)cc1. The molecule has 0 spiro atoms. The van der Waals surface area contributed by atoms with Crippen molar-refractivity contribution in [3.05, 3.63) is 59.2 Å². The van der Waals surface area contributed by atoms with Gasteiger partial charge >= 0.3 is 5.97 Å². The number of carbonyl (C=O) groups excluding carboxylic acids is 1. The molecule has 2 aromatic carbocycles. The highest BCUT2D eigenvalue weighted by Gasteiger charge is 2.34. The molecule has 0 aromatic heterocycles. The van der Waals surface area contributed by atoms with Crippen molar-refractivity contribution in [2.75, 3.05) is 32.8 Å². The van der Waals surface area contributed by atoms with Crippen LogP contribution >= 0.6 is 11.6 Å². The van der Waals surface area contributed by atoms with Crippen LogP contribution in [0, 0.1) is 0 Å². The molecule has 2 unspecified atom stereocenters. The number of benzene rings is 2. The summed E-state index contributed by atoms with van der Waals surface area (Å²) in [4.78, 5) is 24.6. The van der Waals surface area contributed by atoms with Crippen molar-refractivity contribution in [2.24, 2.45) is 0 Å². The van der Waals surface area contributed by atoms with Gasteiger partial charge in [0.05, 0.1) is 12.2 Å². The Morgan fingerprint density at radius 3 is 2.14 bits per heavy atom. The molecule has 0 saturated carbocycles. The normalized spacial score (nSPS) is 13.7. The Bertz CT molecular complexity index is 1020. The minimum Gasteiger partial charge on any atom is -0.491 e. The molecule has 0 bridgehead atoms. The maximum Gasteiger partial charge on any atom is 0.335 e. The Morgan fingerprint density at radius 2 is 1.64 bits per heavy atom. The maximum atomic E-state index is 13.6. The molecule has 0 aliphatic heterocycles. The monoisotopic (exact) mass is 519 g/mol. The second kappa shape index (κ2) is 12.6. The fraction of sp³-hybridized carbons (Fsp3) is 0.500. The van der Waals surface area contributed by atoms with E-state index in [2.05, 4.69) is 5.32 Å². The highest BCUT2D eigenvalue weighted by atomic mass is 35.5. The number of carboxylic acids is 1. The van der Waals surface area contributed by atoms with Crippen LogP contribution < -0.4 is 10.1 Å². The highest BCUT2D eigenvalue weighted by molar-refractivity contribution is 6.23. The third-order valence-corrected chi connectivity index (χ3v) is 5.93. The van der Waals surface area contributed by atoms with Gasteiger partial charge in [0.2, 0.25) is 0 Å². The number of nitrogens with one attached hydrogen (secondary N) is 1. The van der Waals surface area contributed by atoms with Gasteiger partial charge in [-0.25, -0.2) is 4.79 Å². The van der Waals surface area contributed by atoms with Gasteiger partial charge in [0, 0.05) is 30.7 Å². The first-order valence-electron chi connectivity index (χ1n) is 11.9. The number of rotatable bonds is 12. The highest BCUT2D eigenvalue weighted by Crippen LogP contribution is 2.36. The van der Waals surface area contributed by atoms with Crippen molar-refractivity contribution in [1.82, 2.24) is 0 Å². The van der Waals surface area contributed by atoms with E-state index < -0.39 is 16.9 Å². The summed E-state index contributed by atoms with van der Waals surface area (Å²) in [7, 11) is 3.10. The van der Waals surface area contributed by atoms with Gasteiger partial charge in [-0.2, -0.15) is 0 Å². The van der Waals surface area contributed by atoms with Gasteiger partial charge in [-0.1, -0.05) is 39.0 Å². The fourth-order valence-corrected chi connectivity index (χ4v) is 4.24. The lowest BCUT2D eigenvalue weighted by atomic mass is 9.84. The third kappa shape index (κ3) is 8.50. The first-order chi connectivity index (χ1) is 16.8. The third-order valence-electron chi connectivity index (χ3n) is 5.78. The summed E-state index contributed by atoms with van der Waals surface area (Å²) in [6.07, 6.45) is -0.407. The summed E-state index contributed by atoms with van der Waals surface area (Å²) >= 11 is 6.61. The fourth-order valence-electron chi connectivity index (χ4n) is 4.07. The molecule has 198 valence electrons. The van der Waals surface area contributed by atoms with Gasteiger partial charge in [-0.3, -0.25) is 4.79 Å². The van der Waals surface area contributed by atoms with Crippen molar-refractivity contribution in [2.45, 2.75) is 63.4 Å². The van der Waals surface area contributed by atoms with E-state index >= 15 is 0 Å². The van der Waals surface area contributed by atoms with Gasteiger partial charge in [0.25, 0.3) is 5.91 Å². The zero-order valence-electron chi connectivity index (χ0n) is 22.2. The van der Waals surface area contributed by atoms with E-state index in [0.717, 1.165) is 11.1 Å². The number of methoxy groups -OCH3 is 2. The molecule has 2 rings (SSSR count). The molecular weight excluding hydrogens is 482 g/mol. The van der Waals surface area contributed by atoms with E-state index in [1.54, 1.807) is 19.2 Å². The first-order valence-corrected chi connectivity index (χ1v) is 12.3. The lowest BCUT2D eigenvalue weighted by molar-refractivity contribution is -0.127. The van der Waals surface area contributed by atoms with Crippen LogP contribution in [-0.4, -0.2) is 55.4 Å². The summed E-state index contributed by atoms with van der Waals surface area (Å²) in [5.41, 5.74) is 1.91. The number of amides is 1. The molecule has 0 aliphatic carbocycles. The average Bonchev–Trinajstić information content (AvgIpc) is 2.78. The summed E-state index contributed by atoms with van der Waals surface area (Å²) in [5, 5.41) is 12.4. The van der Waals surface area contributed by atoms with Crippen LogP contribution in [0.1, 0.15) is 68.4 Å². The van der Waals surface area contributed by atoms with Crippen LogP contribution in [-0.2, 0) is 19.7 Å². The van der Waals surface area contributed by atoms with Crippen molar-refractivity contribution in [3.63, 3.8) is 0 Å². The number of hydrogen-bond donors (Lipinski definition) is 2. The largest absolute Gasteiger partial charge is 0.491 e. The number of carboxylic acid groups (broad SMARTS) is 1. The molecule has 0 radical (unpaired) electrons. The van der Waals surface area contributed by atoms with Crippen molar-refractivity contribution < 1.29 is 28.9 Å². The van der Waals surface area contributed by atoms with Gasteiger partial charge in [-0.05, 0) is 61.1 Å². The Balaban J connectivity index is 2.40. The molecule has 2 atom stereocenters. The molecule has 8 heteroatoms. The van der Waals surface area contributed by atoms with E-state index in [9.17, 15) is 14.7 Å². The van der Waals surface area contributed by atoms with E-state index in [1.165, 1.54) is 13.2 Å². The van der Waals surface area contributed by atoms with E-state index in [-0.39, 0.29) is 22.8 Å². The molecule has 0 fully saturated rings. The molecule has 0 aliphatic rings. The molecule has 7 nitrogen and oxygen atoms in total. The second-order valence-corrected chi connectivity index (χ2v) is 11.4. The van der Waals surface area contributed by atoms with E-state index in [0.29, 0.717) is 31.1 Å². The summed E-state index contributed by atoms with van der Waals surface area (Å²) in [6.45, 7) is 10.7. The molecule has 2 N–H and O–H groups in total. The molecule has 1 amide bonds. The standard InChI is InChI=1S/C28H38ClNO6/c1-27(2,3)22-13-10-19(26(32)33)16-23(22)30-25(31)24(35-7)21(17-28(4,5)29)18-8-11-20(12-9-18)36-15-14-34-6/h8-13,16,21,24H,14-15,17H2,1-7H3,(H,30,31)(H,32,33). The van der Waals surface area contributed by atoms with Crippen LogP contribution in [0.2, 0.25) is 0 Å². The zero-order valence-corrected chi connectivity index (χ0v) is 22.9. The number of alkyl halides is 1. The summed E-state index contributed by atoms with van der Waals surface area (Å²) in [6, 6.07) is 12.3. The average molecular weight is 520 g/mol. The number of ether oxygens (including phenoxy) is 3. The second-order valence-electron chi connectivity index (χ2n) is 10.4. The Hall–Kier alpha value is -2.61. The number of hydrogen-bond acceptors (Lipinski definition) is 5. The Morgan fingerprint density at radius 1 is 1.00 bits per heavy atom. The molecule has 2 aromatic rings. The molecule has 0 heterocycles. The van der Waals surface area contributed by atoms with Gasteiger partial charge in [-0.15, -0.1) is 11.6 Å².